The summed E-state index contributed by atoms with van der Waals surface area (Å²) >= 11 is 0. The summed E-state index contributed by atoms with van der Waals surface area (Å²) in [5, 5.41) is 2.24. The molecule has 0 aliphatic carbocycles. The Kier molecular flexibility index (Phi) is 4.38. The Labute approximate surface area is 156 Å². The van der Waals surface area contributed by atoms with Crippen molar-refractivity contribution in [1.82, 2.24) is 10.4 Å². The number of amides is 1. The summed E-state index contributed by atoms with van der Waals surface area (Å²) < 4.78 is 6.14. The molecule has 2 saturated heterocycles. The number of hydrazine groups is 1. The van der Waals surface area contributed by atoms with E-state index in [2.05, 4.69) is 55.2 Å². The van der Waals surface area contributed by atoms with Gasteiger partial charge < -0.3 is 9.64 Å². The summed E-state index contributed by atoms with van der Waals surface area (Å²) in [7, 11) is 0. The van der Waals surface area contributed by atoms with Gasteiger partial charge in [0.2, 0.25) is 5.91 Å². The zero-order valence-corrected chi connectivity index (χ0v) is 16.5. The number of fused-ring (bicyclic) bond motifs is 1. The van der Waals surface area contributed by atoms with E-state index in [1.807, 2.05) is 0 Å². The molecule has 26 heavy (non-hydrogen) atoms. The lowest BCUT2D eigenvalue weighted by molar-refractivity contribution is -0.121. The lowest BCUT2D eigenvalue weighted by Crippen LogP contribution is -2.51. The van der Waals surface area contributed by atoms with Gasteiger partial charge in [-0.3, -0.25) is 10.2 Å². The molecule has 0 aromatic heterocycles. The Morgan fingerprint density at radius 3 is 2.69 bits per heavy atom. The van der Waals surface area contributed by atoms with Gasteiger partial charge >= 0.3 is 0 Å². The molecule has 1 N–H and O–H groups in total. The summed E-state index contributed by atoms with van der Waals surface area (Å²) in [6, 6.07) is 5.36. The molecular weight excluding hydrogens is 326 g/mol. The van der Waals surface area contributed by atoms with Crippen molar-refractivity contribution in [3.8, 4) is 5.75 Å². The highest BCUT2D eigenvalue weighted by molar-refractivity contribution is 5.78. The molecule has 5 heteroatoms. The first-order chi connectivity index (χ1) is 12.4. The zero-order chi connectivity index (χ0) is 18.5. The van der Waals surface area contributed by atoms with Crippen LogP contribution in [0.15, 0.2) is 12.1 Å². The van der Waals surface area contributed by atoms with Crippen LogP contribution in [0, 0.1) is 6.92 Å². The van der Waals surface area contributed by atoms with Gasteiger partial charge in [-0.1, -0.05) is 13.0 Å². The molecule has 3 heterocycles. The van der Waals surface area contributed by atoms with Crippen LogP contribution in [0.5, 0.6) is 5.75 Å². The number of carbonyl (C=O) groups is 1. The Hall–Kier alpha value is -1.75. The van der Waals surface area contributed by atoms with Crippen LogP contribution < -0.4 is 15.1 Å². The number of rotatable bonds is 3. The number of hydrogen-bond donors (Lipinski definition) is 1. The minimum atomic E-state index is -0.0937. The fourth-order valence-electron chi connectivity index (χ4n) is 4.81. The predicted molar refractivity (Wildman–Crippen MR) is 104 cm³/mol. The quantitative estimate of drug-likeness (QED) is 0.902. The summed E-state index contributed by atoms with van der Waals surface area (Å²) in [6.45, 7) is 10.7. The van der Waals surface area contributed by atoms with Gasteiger partial charge in [-0.05, 0) is 51.2 Å². The first kappa shape index (κ1) is 17.7. The highest BCUT2D eigenvalue weighted by Gasteiger charge is 2.36. The molecular formula is C21H31N3O2. The number of hydrogen-bond acceptors (Lipinski definition) is 4. The minimum Gasteiger partial charge on any atom is -0.487 e. The average molecular weight is 357 g/mol. The van der Waals surface area contributed by atoms with Crippen LogP contribution in [0.25, 0.3) is 0 Å². The molecule has 1 aromatic carbocycles. The second-order valence-electron chi connectivity index (χ2n) is 8.71. The van der Waals surface area contributed by atoms with Gasteiger partial charge in [0.15, 0.2) is 0 Å². The molecule has 1 atom stereocenters. The van der Waals surface area contributed by atoms with E-state index in [0.717, 1.165) is 44.5 Å². The fraction of sp³-hybridized carbons (Fsp3) is 0.667. The van der Waals surface area contributed by atoms with E-state index in [-0.39, 0.29) is 11.5 Å². The Morgan fingerprint density at radius 2 is 2.00 bits per heavy atom. The first-order valence-corrected chi connectivity index (χ1v) is 10.0. The van der Waals surface area contributed by atoms with Crippen molar-refractivity contribution in [3.05, 3.63) is 23.3 Å². The highest BCUT2D eigenvalue weighted by Crippen LogP contribution is 2.40. The molecule has 142 valence electrons. The molecule has 0 unspecified atom stereocenters. The van der Waals surface area contributed by atoms with E-state index in [1.54, 1.807) is 0 Å². The summed E-state index contributed by atoms with van der Waals surface area (Å²) in [5.74, 6) is 1.23. The summed E-state index contributed by atoms with van der Waals surface area (Å²) in [4.78, 5) is 14.3. The van der Waals surface area contributed by atoms with Gasteiger partial charge in [0.25, 0.3) is 0 Å². The Bertz CT molecular complexity index is 707. The van der Waals surface area contributed by atoms with Crippen molar-refractivity contribution in [2.45, 2.75) is 77.5 Å². The maximum absolute atomic E-state index is 11.8. The standard InChI is InChI=1S/C21H31N3O2/c1-5-16-11-20(25)22-24(16)17-6-8-23(9-7-17)18-12-19-15(10-14(18)2)13-21(3,4)26-19/h10,12,16-17H,5-9,11,13H2,1-4H3,(H,22,25)/t16-/m0/s1. The Morgan fingerprint density at radius 1 is 1.27 bits per heavy atom. The third-order valence-corrected chi connectivity index (χ3v) is 6.12. The molecule has 4 rings (SSSR count). The predicted octanol–water partition coefficient (Wildman–Crippen LogP) is 3.19. The number of nitrogens with one attached hydrogen (secondary N) is 1. The molecule has 0 radical (unpaired) electrons. The highest BCUT2D eigenvalue weighted by atomic mass is 16.5. The number of anilines is 1. The summed E-state index contributed by atoms with van der Waals surface area (Å²) in [5.41, 5.74) is 6.97. The largest absolute Gasteiger partial charge is 0.487 e. The second-order valence-corrected chi connectivity index (χ2v) is 8.71. The van der Waals surface area contributed by atoms with Gasteiger partial charge in [0.05, 0.1) is 0 Å². The minimum absolute atomic E-state index is 0.0937. The van der Waals surface area contributed by atoms with Crippen LogP contribution in [0.3, 0.4) is 0 Å². The molecule has 0 bridgehead atoms. The van der Waals surface area contributed by atoms with Gasteiger partial charge in [-0.25, -0.2) is 5.01 Å². The lowest BCUT2D eigenvalue weighted by Gasteiger charge is -2.39. The van der Waals surface area contributed by atoms with Crippen LogP contribution in [-0.2, 0) is 11.2 Å². The van der Waals surface area contributed by atoms with Crippen molar-refractivity contribution in [2.75, 3.05) is 18.0 Å². The van der Waals surface area contributed by atoms with Crippen LogP contribution in [0.2, 0.25) is 0 Å². The van der Waals surface area contributed by atoms with E-state index < -0.39 is 0 Å². The van der Waals surface area contributed by atoms with Crippen molar-refractivity contribution >= 4 is 11.6 Å². The van der Waals surface area contributed by atoms with Crippen molar-refractivity contribution in [3.63, 3.8) is 0 Å². The molecule has 5 nitrogen and oxygen atoms in total. The number of carbonyl (C=O) groups excluding carboxylic acids is 1. The normalized spacial score (nSPS) is 25.9. The van der Waals surface area contributed by atoms with Crippen LogP contribution in [0.1, 0.15) is 57.6 Å². The third-order valence-electron chi connectivity index (χ3n) is 6.12. The lowest BCUT2D eigenvalue weighted by atomic mass is 9.98. The van der Waals surface area contributed by atoms with Crippen LogP contribution in [0.4, 0.5) is 5.69 Å². The molecule has 2 fully saturated rings. The molecule has 1 aromatic rings. The van der Waals surface area contributed by atoms with Crippen LogP contribution in [-0.4, -0.2) is 41.7 Å². The average Bonchev–Trinajstić information content (AvgIpc) is 3.11. The van der Waals surface area contributed by atoms with Gasteiger partial charge in [-0.15, -0.1) is 0 Å². The number of ether oxygens (including phenoxy) is 1. The number of nitrogens with zero attached hydrogens (tertiary/aromatic N) is 2. The Balaban J connectivity index is 1.45. The van der Waals surface area contributed by atoms with E-state index in [1.165, 1.54) is 16.8 Å². The third kappa shape index (κ3) is 3.18. The zero-order valence-electron chi connectivity index (χ0n) is 16.5. The number of aryl methyl sites for hydroxylation is 1. The van der Waals surface area contributed by atoms with E-state index >= 15 is 0 Å². The number of benzene rings is 1. The fourth-order valence-corrected chi connectivity index (χ4v) is 4.81. The van der Waals surface area contributed by atoms with Crippen molar-refractivity contribution in [1.29, 1.82) is 0 Å². The molecule has 0 spiro atoms. The summed E-state index contributed by atoms with van der Waals surface area (Å²) in [6.07, 6.45) is 4.82. The maximum Gasteiger partial charge on any atom is 0.235 e. The van der Waals surface area contributed by atoms with Crippen LogP contribution >= 0.6 is 0 Å². The first-order valence-electron chi connectivity index (χ1n) is 10.0. The van der Waals surface area contributed by atoms with E-state index in [4.69, 9.17) is 4.74 Å². The smallest absolute Gasteiger partial charge is 0.235 e. The van der Waals surface area contributed by atoms with E-state index in [0.29, 0.717) is 18.5 Å². The number of piperidine rings is 1. The topological polar surface area (TPSA) is 44.8 Å². The maximum atomic E-state index is 11.8. The molecule has 3 aliphatic rings. The molecule has 0 saturated carbocycles. The van der Waals surface area contributed by atoms with Gasteiger partial charge in [0.1, 0.15) is 11.4 Å². The molecule has 3 aliphatic heterocycles. The van der Waals surface area contributed by atoms with Gasteiger partial charge in [-0.2, -0.15) is 0 Å². The second kappa shape index (κ2) is 6.45. The molecule has 1 amide bonds. The van der Waals surface area contributed by atoms with Crippen molar-refractivity contribution < 1.29 is 9.53 Å². The van der Waals surface area contributed by atoms with Gasteiger partial charge in [0, 0.05) is 49.8 Å². The monoisotopic (exact) mass is 357 g/mol. The van der Waals surface area contributed by atoms with Crippen molar-refractivity contribution in [2.24, 2.45) is 0 Å². The van der Waals surface area contributed by atoms with E-state index in [9.17, 15) is 4.79 Å². The SMILES string of the molecule is CC[C@H]1CC(=O)NN1C1CCN(c2cc3c(cc2C)CC(C)(C)O3)CC1.